The van der Waals surface area contributed by atoms with Crippen molar-refractivity contribution in [3.63, 3.8) is 0 Å². The normalized spacial score (nSPS) is 37.6. The average molecular weight is 223 g/mol. The Morgan fingerprint density at radius 2 is 1.80 bits per heavy atom. The molecule has 15 heavy (non-hydrogen) atoms. The van der Waals surface area contributed by atoms with E-state index >= 15 is 0 Å². The molecule has 89 valence electrons. The van der Waals surface area contributed by atoms with Crippen molar-refractivity contribution in [1.82, 2.24) is 0 Å². The summed E-state index contributed by atoms with van der Waals surface area (Å²) in [6.07, 6.45) is -8.64. The van der Waals surface area contributed by atoms with E-state index in [1.54, 1.807) is 0 Å². The molecule has 1 heterocycles. The lowest BCUT2D eigenvalue weighted by Crippen LogP contribution is -2.50. The van der Waals surface area contributed by atoms with Crippen molar-refractivity contribution in [2.24, 2.45) is 0 Å². The molecule has 0 amide bonds. The number of hydrogen-bond donors (Lipinski definition) is 6. The van der Waals surface area contributed by atoms with E-state index in [2.05, 4.69) is 0 Å². The van der Waals surface area contributed by atoms with Crippen LogP contribution >= 0.6 is 0 Å². The van der Waals surface area contributed by atoms with Crippen LogP contribution in [0.15, 0.2) is 0 Å². The second-order valence-electron chi connectivity index (χ2n) is 3.45. The van der Waals surface area contributed by atoms with Gasteiger partial charge in [-0.15, -0.1) is 0 Å². The first-order valence-electron chi connectivity index (χ1n) is 4.49. The highest BCUT2D eigenvalue weighted by Gasteiger charge is 2.43. The van der Waals surface area contributed by atoms with Crippen molar-refractivity contribution in [3.8, 4) is 0 Å². The molecule has 0 bridgehead atoms. The lowest BCUT2D eigenvalue weighted by atomic mass is 9.99. The molecule has 0 aromatic heterocycles. The molecule has 0 saturated carbocycles. The summed E-state index contributed by atoms with van der Waals surface area (Å²) in [6, 6.07) is 0. The van der Waals surface area contributed by atoms with Gasteiger partial charge in [0.25, 0.3) is 0 Å². The van der Waals surface area contributed by atoms with Gasteiger partial charge in [0.2, 0.25) is 0 Å². The van der Waals surface area contributed by atoms with E-state index in [0.717, 1.165) is 6.61 Å². The molecule has 6 N–H and O–H groups in total. The number of aliphatic hydroxyl groups excluding tert-OH is 6. The Balaban J connectivity index is 2.56. The van der Waals surface area contributed by atoms with Crippen LogP contribution in [0.1, 0.15) is 0 Å². The summed E-state index contributed by atoms with van der Waals surface area (Å²) < 4.78 is 4.73. The Bertz CT molecular complexity index is 199. The van der Waals surface area contributed by atoms with Crippen molar-refractivity contribution in [1.29, 1.82) is 0 Å². The standard InChI is InChI=1S/C8H15O7/c9-1-3(10)5(12)7(14)8-6(13)4(11)2-15-8/h2-14H,1H2/t3-,4+,5+,6+,7+,8+/m1/s1. The van der Waals surface area contributed by atoms with Crippen LogP contribution in [0, 0.1) is 6.61 Å². The van der Waals surface area contributed by atoms with Gasteiger partial charge in [-0.05, 0) is 0 Å². The monoisotopic (exact) mass is 223 g/mol. The molecule has 1 rings (SSSR count). The topological polar surface area (TPSA) is 131 Å². The Hall–Kier alpha value is -0.280. The molecule has 7 nitrogen and oxygen atoms in total. The van der Waals surface area contributed by atoms with Gasteiger partial charge >= 0.3 is 0 Å². The van der Waals surface area contributed by atoms with Crippen LogP contribution in [-0.2, 0) is 4.74 Å². The Morgan fingerprint density at radius 1 is 1.20 bits per heavy atom. The van der Waals surface area contributed by atoms with Crippen molar-refractivity contribution < 1.29 is 35.4 Å². The first-order chi connectivity index (χ1) is 6.99. The Kier molecular flexibility index (Phi) is 4.41. The highest BCUT2D eigenvalue weighted by atomic mass is 16.5. The molecular weight excluding hydrogens is 208 g/mol. The molecule has 1 radical (unpaired) electrons. The van der Waals surface area contributed by atoms with Gasteiger partial charge in [-0.1, -0.05) is 0 Å². The van der Waals surface area contributed by atoms with Gasteiger partial charge in [0, 0.05) is 0 Å². The first kappa shape index (κ1) is 12.8. The largest absolute Gasteiger partial charge is 0.394 e. The van der Waals surface area contributed by atoms with E-state index in [0.29, 0.717) is 0 Å². The zero-order valence-corrected chi connectivity index (χ0v) is 7.84. The molecule has 0 aromatic carbocycles. The summed E-state index contributed by atoms with van der Waals surface area (Å²) in [6.45, 7) is 0.198. The Labute approximate surface area is 86.2 Å². The number of hydrogen-bond acceptors (Lipinski definition) is 7. The lowest BCUT2D eigenvalue weighted by Gasteiger charge is -2.27. The van der Waals surface area contributed by atoms with Gasteiger partial charge in [0.1, 0.15) is 43.2 Å². The van der Waals surface area contributed by atoms with Gasteiger partial charge in [0.15, 0.2) is 0 Å². The molecule has 7 heteroatoms. The maximum absolute atomic E-state index is 9.47. The molecule has 1 saturated heterocycles. The van der Waals surface area contributed by atoms with Crippen molar-refractivity contribution in [3.05, 3.63) is 6.61 Å². The van der Waals surface area contributed by atoms with E-state index in [-0.39, 0.29) is 0 Å². The third-order valence-corrected chi connectivity index (χ3v) is 2.33. The third kappa shape index (κ3) is 2.64. The molecular formula is C8H15O7. The second kappa shape index (κ2) is 5.17. The zero-order chi connectivity index (χ0) is 11.6. The molecule has 0 aliphatic carbocycles. The van der Waals surface area contributed by atoms with E-state index in [1.165, 1.54) is 0 Å². The van der Waals surface area contributed by atoms with Crippen LogP contribution in [0.4, 0.5) is 0 Å². The van der Waals surface area contributed by atoms with Crippen LogP contribution < -0.4 is 0 Å². The van der Waals surface area contributed by atoms with Gasteiger partial charge < -0.3 is 35.4 Å². The van der Waals surface area contributed by atoms with Gasteiger partial charge in [-0.3, -0.25) is 0 Å². The van der Waals surface area contributed by atoms with Gasteiger partial charge in [-0.2, -0.15) is 0 Å². The SMILES string of the molecule is OC[C@@H](O)[C@H](O)[C@H](O)[C@H]1O[CH][C@H](O)[C@@H]1O. The minimum atomic E-state index is -1.66. The summed E-state index contributed by atoms with van der Waals surface area (Å²) >= 11 is 0. The fourth-order valence-corrected chi connectivity index (χ4v) is 1.34. The smallest absolute Gasteiger partial charge is 0.115 e. The highest BCUT2D eigenvalue weighted by molar-refractivity contribution is 4.96. The maximum atomic E-state index is 9.47. The molecule has 0 spiro atoms. The van der Waals surface area contributed by atoms with Crippen LogP contribution in [0.25, 0.3) is 0 Å². The molecule has 0 unspecified atom stereocenters. The second-order valence-corrected chi connectivity index (χ2v) is 3.45. The van der Waals surface area contributed by atoms with E-state index in [4.69, 9.17) is 20.1 Å². The molecule has 1 fully saturated rings. The van der Waals surface area contributed by atoms with Crippen molar-refractivity contribution in [2.45, 2.75) is 36.6 Å². The summed E-state index contributed by atoms with van der Waals surface area (Å²) in [7, 11) is 0. The van der Waals surface area contributed by atoms with Crippen LogP contribution in [0.2, 0.25) is 0 Å². The van der Waals surface area contributed by atoms with Gasteiger partial charge in [-0.25, -0.2) is 0 Å². The fourth-order valence-electron chi connectivity index (χ4n) is 1.34. The zero-order valence-electron chi connectivity index (χ0n) is 7.84. The quantitative estimate of drug-likeness (QED) is 0.289. The molecule has 1 aliphatic rings. The third-order valence-electron chi connectivity index (χ3n) is 2.33. The van der Waals surface area contributed by atoms with Crippen LogP contribution in [0.3, 0.4) is 0 Å². The lowest BCUT2D eigenvalue weighted by molar-refractivity contribution is -0.132. The van der Waals surface area contributed by atoms with E-state index in [9.17, 15) is 15.3 Å². The number of aliphatic hydroxyl groups is 6. The molecule has 6 atom stereocenters. The fraction of sp³-hybridized carbons (Fsp3) is 0.875. The number of ether oxygens (including phenoxy) is 1. The van der Waals surface area contributed by atoms with Crippen LogP contribution in [-0.4, -0.2) is 73.9 Å². The minimum absolute atomic E-state index is 0.729. The predicted octanol–water partition coefficient (Wildman–Crippen LogP) is -3.66. The van der Waals surface area contributed by atoms with Gasteiger partial charge in [0.05, 0.1) is 6.61 Å². The molecule has 1 aliphatic heterocycles. The maximum Gasteiger partial charge on any atom is 0.115 e. The first-order valence-corrected chi connectivity index (χ1v) is 4.49. The Morgan fingerprint density at radius 3 is 2.20 bits per heavy atom. The van der Waals surface area contributed by atoms with E-state index < -0.39 is 43.2 Å². The summed E-state index contributed by atoms with van der Waals surface area (Å²) in [5.74, 6) is 0. The van der Waals surface area contributed by atoms with Crippen LogP contribution in [0.5, 0.6) is 0 Å². The van der Waals surface area contributed by atoms with E-state index in [1.807, 2.05) is 0 Å². The summed E-state index contributed by atoms with van der Waals surface area (Å²) in [5.41, 5.74) is 0. The molecule has 0 aromatic rings. The number of rotatable bonds is 4. The average Bonchev–Trinajstić information content (AvgIpc) is 2.56. The minimum Gasteiger partial charge on any atom is -0.394 e. The van der Waals surface area contributed by atoms with Crippen molar-refractivity contribution >= 4 is 0 Å². The summed E-state index contributed by atoms with van der Waals surface area (Å²) in [4.78, 5) is 0. The van der Waals surface area contributed by atoms with Crippen molar-refractivity contribution in [2.75, 3.05) is 6.61 Å². The predicted molar refractivity (Wildman–Crippen MR) is 46.3 cm³/mol. The highest BCUT2D eigenvalue weighted by Crippen LogP contribution is 2.22. The summed E-state index contributed by atoms with van der Waals surface area (Å²) in [5, 5.41) is 54.7.